The predicted octanol–water partition coefficient (Wildman–Crippen LogP) is 3.24. The number of piperidine rings is 1. The summed E-state index contributed by atoms with van der Waals surface area (Å²) in [5, 5.41) is 14.8. The Labute approximate surface area is 155 Å². The van der Waals surface area contributed by atoms with Crippen LogP contribution >= 0.6 is 0 Å². The number of carbonyl (C=O) groups excluding carboxylic acids is 1. The highest BCUT2D eigenvalue weighted by Crippen LogP contribution is 2.35. The summed E-state index contributed by atoms with van der Waals surface area (Å²) in [6.07, 6.45) is 1.91. The van der Waals surface area contributed by atoms with E-state index in [4.69, 9.17) is 4.74 Å². The Hall–Kier alpha value is -2.17. The lowest BCUT2D eigenvalue weighted by atomic mass is 9.82. The van der Waals surface area contributed by atoms with Crippen LogP contribution in [0.3, 0.4) is 0 Å². The van der Waals surface area contributed by atoms with Gasteiger partial charge in [0.25, 0.3) is 0 Å². The SMILES string of the molecule is CC(C)(OC(=O)C(O)(c1ccccc1)c1ccccc1)C1CCNCC1. The van der Waals surface area contributed by atoms with Crippen LogP contribution < -0.4 is 5.32 Å². The number of hydrogen-bond donors (Lipinski definition) is 2. The molecule has 1 aliphatic heterocycles. The van der Waals surface area contributed by atoms with Crippen LogP contribution in [0.1, 0.15) is 37.8 Å². The van der Waals surface area contributed by atoms with Crippen LogP contribution in [0.15, 0.2) is 60.7 Å². The maximum absolute atomic E-state index is 13.2. The molecule has 1 heterocycles. The molecule has 2 aromatic carbocycles. The molecular weight excluding hydrogens is 326 g/mol. The molecule has 0 spiro atoms. The van der Waals surface area contributed by atoms with Crippen molar-refractivity contribution in [1.82, 2.24) is 5.32 Å². The Bertz CT molecular complexity index is 682. The van der Waals surface area contributed by atoms with Gasteiger partial charge in [0.05, 0.1) is 0 Å². The molecular formula is C22H27NO3. The minimum absolute atomic E-state index is 0.267. The fraction of sp³-hybridized carbons (Fsp3) is 0.409. The molecule has 0 aromatic heterocycles. The van der Waals surface area contributed by atoms with E-state index in [0.717, 1.165) is 25.9 Å². The Morgan fingerprint density at radius 3 is 1.88 bits per heavy atom. The second-order valence-electron chi connectivity index (χ2n) is 7.46. The van der Waals surface area contributed by atoms with E-state index < -0.39 is 17.2 Å². The van der Waals surface area contributed by atoms with Crippen LogP contribution in [0.25, 0.3) is 0 Å². The van der Waals surface area contributed by atoms with Gasteiger partial charge >= 0.3 is 5.97 Å². The molecule has 0 atom stereocenters. The van der Waals surface area contributed by atoms with Crippen LogP contribution in [0.4, 0.5) is 0 Å². The Morgan fingerprint density at radius 2 is 1.42 bits per heavy atom. The number of nitrogens with one attached hydrogen (secondary N) is 1. The number of ether oxygens (including phenoxy) is 1. The molecule has 1 aliphatic rings. The summed E-state index contributed by atoms with van der Waals surface area (Å²) in [5.74, 6) is -0.359. The van der Waals surface area contributed by atoms with Crippen LogP contribution in [-0.2, 0) is 15.1 Å². The molecule has 2 aromatic rings. The summed E-state index contributed by atoms with van der Waals surface area (Å²) >= 11 is 0. The maximum atomic E-state index is 13.2. The number of esters is 1. The van der Waals surface area contributed by atoms with Gasteiger partial charge in [0.1, 0.15) is 5.60 Å². The third-order valence-electron chi connectivity index (χ3n) is 5.36. The molecule has 1 saturated heterocycles. The van der Waals surface area contributed by atoms with Gasteiger partial charge < -0.3 is 15.2 Å². The first-order valence-corrected chi connectivity index (χ1v) is 9.22. The average Bonchev–Trinajstić information content (AvgIpc) is 2.69. The lowest BCUT2D eigenvalue weighted by molar-refractivity contribution is -0.181. The van der Waals surface area contributed by atoms with Crippen LogP contribution in [0.5, 0.6) is 0 Å². The third kappa shape index (κ3) is 3.67. The number of aliphatic hydroxyl groups is 1. The highest BCUT2D eigenvalue weighted by molar-refractivity contribution is 5.85. The van der Waals surface area contributed by atoms with E-state index in [-0.39, 0.29) is 5.92 Å². The first kappa shape index (κ1) is 18.6. The van der Waals surface area contributed by atoms with Gasteiger partial charge in [0.15, 0.2) is 0 Å². The van der Waals surface area contributed by atoms with Crippen LogP contribution in [0, 0.1) is 5.92 Å². The van der Waals surface area contributed by atoms with Crippen molar-refractivity contribution in [2.45, 2.75) is 37.9 Å². The van der Waals surface area contributed by atoms with Gasteiger partial charge in [-0.05, 0) is 50.9 Å². The first-order valence-electron chi connectivity index (χ1n) is 9.22. The third-order valence-corrected chi connectivity index (χ3v) is 5.36. The van der Waals surface area contributed by atoms with E-state index in [2.05, 4.69) is 5.32 Å². The Morgan fingerprint density at radius 1 is 0.962 bits per heavy atom. The quantitative estimate of drug-likeness (QED) is 0.810. The smallest absolute Gasteiger partial charge is 0.348 e. The van der Waals surface area contributed by atoms with Gasteiger partial charge in [-0.2, -0.15) is 0 Å². The minimum atomic E-state index is -1.83. The molecule has 4 heteroatoms. The molecule has 2 N–H and O–H groups in total. The molecule has 1 fully saturated rings. The molecule has 0 bridgehead atoms. The topological polar surface area (TPSA) is 58.6 Å². The first-order chi connectivity index (χ1) is 12.4. The second-order valence-corrected chi connectivity index (χ2v) is 7.46. The molecule has 4 nitrogen and oxygen atoms in total. The normalized spacial score (nSPS) is 16.3. The summed E-state index contributed by atoms with van der Waals surface area (Å²) in [7, 11) is 0. The number of benzene rings is 2. The lowest BCUT2D eigenvalue weighted by Crippen LogP contribution is -2.48. The summed E-state index contributed by atoms with van der Waals surface area (Å²) in [6, 6.07) is 18.0. The zero-order valence-corrected chi connectivity index (χ0v) is 15.4. The lowest BCUT2D eigenvalue weighted by Gasteiger charge is -2.39. The average molecular weight is 353 g/mol. The highest BCUT2D eigenvalue weighted by Gasteiger charge is 2.45. The molecule has 0 aliphatic carbocycles. The van der Waals surface area contributed by atoms with E-state index in [9.17, 15) is 9.90 Å². The molecule has 26 heavy (non-hydrogen) atoms. The number of carbonyl (C=O) groups is 1. The number of rotatable bonds is 5. The summed E-state index contributed by atoms with van der Waals surface area (Å²) in [5.41, 5.74) is -1.45. The van der Waals surface area contributed by atoms with Crippen molar-refractivity contribution in [3.63, 3.8) is 0 Å². The van der Waals surface area contributed by atoms with E-state index in [1.807, 2.05) is 50.2 Å². The van der Waals surface area contributed by atoms with Crippen molar-refractivity contribution in [3.05, 3.63) is 71.8 Å². The van der Waals surface area contributed by atoms with Crippen molar-refractivity contribution in [2.75, 3.05) is 13.1 Å². The molecule has 0 radical (unpaired) electrons. The van der Waals surface area contributed by atoms with E-state index in [0.29, 0.717) is 11.1 Å². The Balaban J connectivity index is 1.93. The Kier molecular flexibility index (Phi) is 5.44. The van der Waals surface area contributed by atoms with Gasteiger partial charge in [-0.3, -0.25) is 0 Å². The van der Waals surface area contributed by atoms with Gasteiger partial charge in [-0.25, -0.2) is 4.79 Å². The van der Waals surface area contributed by atoms with Crippen molar-refractivity contribution in [1.29, 1.82) is 0 Å². The fourth-order valence-electron chi connectivity index (χ4n) is 3.67. The van der Waals surface area contributed by atoms with Crippen molar-refractivity contribution in [3.8, 4) is 0 Å². The monoisotopic (exact) mass is 353 g/mol. The van der Waals surface area contributed by atoms with E-state index in [1.165, 1.54) is 0 Å². The zero-order valence-electron chi connectivity index (χ0n) is 15.4. The van der Waals surface area contributed by atoms with Crippen molar-refractivity contribution in [2.24, 2.45) is 5.92 Å². The summed E-state index contributed by atoms with van der Waals surface area (Å²) in [6.45, 7) is 5.73. The largest absolute Gasteiger partial charge is 0.457 e. The van der Waals surface area contributed by atoms with Crippen molar-refractivity contribution < 1.29 is 14.6 Å². The number of hydrogen-bond acceptors (Lipinski definition) is 4. The van der Waals surface area contributed by atoms with Crippen LogP contribution in [0.2, 0.25) is 0 Å². The fourth-order valence-corrected chi connectivity index (χ4v) is 3.67. The van der Waals surface area contributed by atoms with Gasteiger partial charge in [-0.15, -0.1) is 0 Å². The summed E-state index contributed by atoms with van der Waals surface area (Å²) < 4.78 is 5.93. The summed E-state index contributed by atoms with van der Waals surface area (Å²) in [4.78, 5) is 13.2. The van der Waals surface area contributed by atoms with Crippen LogP contribution in [-0.4, -0.2) is 29.8 Å². The molecule has 0 unspecified atom stereocenters. The predicted molar refractivity (Wildman–Crippen MR) is 102 cm³/mol. The molecule has 3 rings (SSSR count). The maximum Gasteiger partial charge on any atom is 0.348 e. The van der Waals surface area contributed by atoms with Gasteiger partial charge in [0.2, 0.25) is 5.60 Å². The van der Waals surface area contributed by atoms with E-state index >= 15 is 0 Å². The zero-order chi connectivity index (χ0) is 18.6. The molecule has 0 amide bonds. The highest BCUT2D eigenvalue weighted by atomic mass is 16.6. The molecule has 0 saturated carbocycles. The molecule has 138 valence electrons. The van der Waals surface area contributed by atoms with Gasteiger partial charge in [0, 0.05) is 5.92 Å². The van der Waals surface area contributed by atoms with Crippen molar-refractivity contribution >= 4 is 5.97 Å². The second kappa shape index (κ2) is 7.60. The van der Waals surface area contributed by atoms with Gasteiger partial charge in [-0.1, -0.05) is 60.7 Å². The minimum Gasteiger partial charge on any atom is -0.457 e. The standard InChI is InChI=1S/C22H27NO3/c1-21(2,17-13-15-23-16-14-17)26-20(24)22(25,18-9-5-3-6-10-18)19-11-7-4-8-12-19/h3-12,17,23,25H,13-16H2,1-2H3. The van der Waals surface area contributed by atoms with E-state index in [1.54, 1.807) is 24.3 Å².